The van der Waals surface area contributed by atoms with Crippen molar-refractivity contribution in [1.82, 2.24) is 9.88 Å². The Morgan fingerprint density at radius 3 is 2.03 bits per heavy atom. The Bertz CT molecular complexity index is 1450. The highest BCUT2D eigenvalue weighted by molar-refractivity contribution is 5.98. The molecule has 1 aliphatic rings. The number of hydrogen-bond donors (Lipinski definition) is 1. The molecule has 0 bridgehead atoms. The summed E-state index contributed by atoms with van der Waals surface area (Å²) in [6.45, 7) is 2.05. The molecule has 0 aliphatic carbocycles. The summed E-state index contributed by atoms with van der Waals surface area (Å²) in [6.07, 6.45) is 1.97. The third-order valence-corrected chi connectivity index (χ3v) is 7.69. The summed E-state index contributed by atoms with van der Waals surface area (Å²) in [6, 6.07) is 39.6. The molecule has 4 heteroatoms. The van der Waals surface area contributed by atoms with Crippen LogP contribution in [0.5, 0.6) is 5.75 Å². The molecule has 1 saturated heterocycles. The van der Waals surface area contributed by atoms with Gasteiger partial charge in [-0.3, -0.25) is 4.79 Å². The number of ether oxygens (including phenoxy) is 1. The van der Waals surface area contributed by atoms with Gasteiger partial charge in [-0.2, -0.15) is 0 Å². The van der Waals surface area contributed by atoms with E-state index in [-0.39, 0.29) is 5.91 Å². The number of carbonyl (C=O) groups is 1. The number of H-pyrrole nitrogens is 1. The number of nitrogens with zero attached hydrogens (tertiary/aromatic N) is 1. The Balaban J connectivity index is 1.13. The monoisotopic (exact) mass is 500 g/mol. The minimum absolute atomic E-state index is 0.0716. The lowest BCUT2D eigenvalue weighted by atomic mass is 9.76. The van der Waals surface area contributed by atoms with Crippen molar-refractivity contribution in [2.24, 2.45) is 5.92 Å². The van der Waals surface area contributed by atoms with Crippen molar-refractivity contribution in [3.8, 4) is 5.75 Å². The Kier molecular flexibility index (Phi) is 6.95. The van der Waals surface area contributed by atoms with E-state index in [1.54, 1.807) is 0 Å². The molecule has 1 N–H and O–H groups in total. The first-order valence-electron chi connectivity index (χ1n) is 13.4. The van der Waals surface area contributed by atoms with Crippen molar-refractivity contribution >= 4 is 16.8 Å². The molecule has 2 heterocycles. The van der Waals surface area contributed by atoms with Gasteiger partial charge in [0.05, 0.1) is 0 Å². The number of nitrogens with one attached hydrogen (secondary N) is 1. The smallest absolute Gasteiger partial charge is 0.270 e. The number of aromatic amines is 1. The van der Waals surface area contributed by atoms with E-state index in [1.807, 2.05) is 47.4 Å². The van der Waals surface area contributed by atoms with E-state index in [1.165, 1.54) is 11.1 Å². The van der Waals surface area contributed by atoms with Crippen LogP contribution in [0.4, 0.5) is 0 Å². The molecule has 1 amide bonds. The summed E-state index contributed by atoms with van der Waals surface area (Å²) in [4.78, 5) is 18.8. The number of likely N-dealkylation sites (tertiary alicyclic amines) is 1. The molecule has 4 nitrogen and oxygen atoms in total. The van der Waals surface area contributed by atoms with Crippen LogP contribution in [0.15, 0.2) is 115 Å². The van der Waals surface area contributed by atoms with Gasteiger partial charge in [-0.15, -0.1) is 0 Å². The minimum Gasteiger partial charge on any atom is -0.489 e. The Hall–Kier alpha value is -4.31. The van der Waals surface area contributed by atoms with Gasteiger partial charge in [0.25, 0.3) is 5.91 Å². The zero-order valence-electron chi connectivity index (χ0n) is 21.4. The maximum absolute atomic E-state index is 13.4. The fraction of sp³-hybridized carbons (Fsp3) is 0.206. The molecule has 0 unspecified atom stereocenters. The van der Waals surface area contributed by atoms with Gasteiger partial charge in [-0.1, -0.05) is 91.0 Å². The number of aromatic nitrogens is 1. The second kappa shape index (κ2) is 11.0. The summed E-state index contributed by atoms with van der Waals surface area (Å²) < 4.78 is 5.98. The Morgan fingerprint density at radius 2 is 1.39 bits per heavy atom. The van der Waals surface area contributed by atoms with Gasteiger partial charge in [0, 0.05) is 29.9 Å². The molecule has 1 aliphatic heterocycles. The highest BCUT2D eigenvalue weighted by Crippen LogP contribution is 2.38. The highest BCUT2D eigenvalue weighted by Gasteiger charge is 2.31. The predicted octanol–water partition coefficient (Wildman–Crippen LogP) is 7.43. The van der Waals surface area contributed by atoms with E-state index in [0.717, 1.165) is 48.1 Å². The van der Waals surface area contributed by atoms with Crippen molar-refractivity contribution < 1.29 is 9.53 Å². The second-order valence-corrected chi connectivity index (χ2v) is 10.1. The summed E-state index contributed by atoms with van der Waals surface area (Å²) in [5, 5.41) is 0.988. The summed E-state index contributed by atoms with van der Waals surface area (Å²) in [7, 11) is 0. The molecule has 6 rings (SSSR count). The average molecular weight is 501 g/mol. The van der Waals surface area contributed by atoms with E-state index < -0.39 is 0 Å². The number of benzene rings is 4. The van der Waals surface area contributed by atoms with Crippen LogP contribution in [0.2, 0.25) is 0 Å². The van der Waals surface area contributed by atoms with Crippen molar-refractivity contribution in [3.05, 3.63) is 138 Å². The van der Waals surface area contributed by atoms with Crippen LogP contribution in [0.25, 0.3) is 10.9 Å². The van der Waals surface area contributed by atoms with Crippen molar-refractivity contribution in [3.63, 3.8) is 0 Å². The fourth-order valence-corrected chi connectivity index (χ4v) is 5.72. The molecule has 5 aromatic rings. The van der Waals surface area contributed by atoms with Crippen molar-refractivity contribution in [1.29, 1.82) is 0 Å². The van der Waals surface area contributed by atoms with Crippen LogP contribution in [-0.4, -0.2) is 28.9 Å². The minimum atomic E-state index is 0.0716. The van der Waals surface area contributed by atoms with E-state index in [9.17, 15) is 4.79 Å². The molecule has 0 radical (unpaired) electrons. The molecule has 38 heavy (non-hydrogen) atoms. The number of amides is 1. The number of piperidine rings is 1. The first-order chi connectivity index (χ1) is 18.7. The summed E-state index contributed by atoms with van der Waals surface area (Å²) >= 11 is 0. The number of fused-ring (bicyclic) bond motifs is 1. The fourth-order valence-electron chi connectivity index (χ4n) is 5.72. The first-order valence-corrected chi connectivity index (χ1v) is 13.4. The second-order valence-electron chi connectivity index (χ2n) is 10.1. The SMILES string of the molecule is O=C(c1cc2cc(OCc3ccccc3)ccc2[nH]1)N1CCC(C(c2ccccc2)c2ccccc2)CC1. The molecule has 0 spiro atoms. The van der Waals surface area contributed by atoms with Crippen LogP contribution in [0, 0.1) is 5.92 Å². The molecule has 190 valence electrons. The molecule has 0 saturated carbocycles. The Morgan fingerprint density at radius 1 is 0.789 bits per heavy atom. The molecule has 1 aromatic heterocycles. The van der Waals surface area contributed by atoms with Gasteiger partial charge in [-0.25, -0.2) is 0 Å². The first kappa shape index (κ1) is 24.1. The van der Waals surface area contributed by atoms with Crippen molar-refractivity contribution in [2.75, 3.05) is 13.1 Å². The summed E-state index contributed by atoms with van der Waals surface area (Å²) in [5.41, 5.74) is 5.42. The topological polar surface area (TPSA) is 45.3 Å². The standard InChI is InChI=1S/C34H32N2O2/c37-34(32-23-29-22-30(16-17-31(29)35-32)38-24-25-10-4-1-5-11-25)36-20-18-28(19-21-36)33(26-12-6-2-7-13-26)27-14-8-3-9-15-27/h1-17,22-23,28,33,35H,18-21,24H2. The van der Waals surface area contributed by atoms with Gasteiger partial charge in [0.15, 0.2) is 0 Å². The number of hydrogen-bond acceptors (Lipinski definition) is 2. The van der Waals surface area contributed by atoms with Crippen LogP contribution in [-0.2, 0) is 6.61 Å². The maximum Gasteiger partial charge on any atom is 0.270 e. The summed E-state index contributed by atoms with van der Waals surface area (Å²) in [5.74, 6) is 1.71. The Labute approximate surface area is 223 Å². The third kappa shape index (κ3) is 5.21. The lowest BCUT2D eigenvalue weighted by Gasteiger charge is -2.36. The number of carbonyl (C=O) groups excluding carboxylic acids is 1. The van der Waals surface area contributed by atoms with E-state index in [4.69, 9.17) is 4.74 Å². The molecular formula is C34H32N2O2. The molecular weight excluding hydrogens is 468 g/mol. The van der Waals surface area contributed by atoms with Crippen LogP contribution >= 0.6 is 0 Å². The average Bonchev–Trinajstić information content (AvgIpc) is 3.42. The van der Waals surface area contributed by atoms with E-state index in [2.05, 4.69) is 77.8 Å². The molecule has 1 fully saturated rings. The van der Waals surface area contributed by atoms with Crippen molar-refractivity contribution in [2.45, 2.75) is 25.4 Å². The normalized spacial score (nSPS) is 14.2. The quantitative estimate of drug-likeness (QED) is 0.253. The largest absolute Gasteiger partial charge is 0.489 e. The van der Waals surface area contributed by atoms with Gasteiger partial charge < -0.3 is 14.6 Å². The lowest BCUT2D eigenvalue weighted by molar-refractivity contribution is 0.0678. The van der Waals surface area contributed by atoms with E-state index in [0.29, 0.717) is 24.1 Å². The maximum atomic E-state index is 13.4. The zero-order valence-corrected chi connectivity index (χ0v) is 21.4. The predicted molar refractivity (Wildman–Crippen MR) is 152 cm³/mol. The third-order valence-electron chi connectivity index (χ3n) is 7.69. The zero-order chi connectivity index (χ0) is 25.7. The lowest BCUT2D eigenvalue weighted by Crippen LogP contribution is -2.40. The van der Waals surface area contributed by atoms with Crippen LogP contribution in [0.1, 0.15) is 45.9 Å². The number of rotatable bonds is 7. The van der Waals surface area contributed by atoms with E-state index >= 15 is 0 Å². The van der Waals surface area contributed by atoms with Gasteiger partial charge in [0.1, 0.15) is 18.1 Å². The van der Waals surface area contributed by atoms with Gasteiger partial charge in [-0.05, 0) is 59.7 Å². The highest BCUT2D eigenvalue weighted by atomic mass is 16.5. The van der Waals surface area contributed by atoms with Gasteiger partial charge >= 0.3 is 0 Å². The van der Waals surface area contributed by atoms with Gasteiger partial charge in [0.2, 0.25) is 0 Å². The molecule has 4 aromatic carbocycles. The van der Waals surface area contributed by atoms with Crippen LogP contribution < -0.4 is 4.74 Å². The molecule has 0 atom stereocenters. The van der Waals surface area contributed by atoms with Crippen LogP contribution in [0.3, 0.4) is 0 Å².